The van der Waals surface area contributed by atoms with Crippen molar-refractivity contribution >= 4 is 22.7 Å². The summed E-state index contributed by atoms with van der Waals surface area (Å²) in [6, 6.07) is 12.1. The van der Waals surface area contributed by atoms with E-state index >= 15 is 0 Å². The van der Waals surface area contributed by atoms with Crippen LogP contribution in [0.15, 0.2) is 48.8 Å². The predicted molar refractivity (Wildman–Crippen MR) is 107 cm³/mol. The van der Waals surface area contributed by atoms with E-state index in [1.807, 2.05) is 42.7 Å². The fourth-order valence-electron chi connectivity index (χ4n) is 4.35. The lowest BCUT2D eigenvalue weighted by atomic mass is 9.71. The number of ether oxygens (including phenoxy) is 1. The van der Waals surface area contributed by atoms with E-state index in [0.29, 0.717) is 18.8 Å². The van der Waals surface area contributed by atoms with Crippen LogP contribution in [0.2, 0.25) is 0 Å². The third-order valence-electron chi connectivity index (χ3n) is 6.03. The average Bonchev–Trinajstić information content (AvgIpc) is 3.28. The lowest BCUT2D eigenvalue weighted by Gasteiger charge is -2.32. The maximum atomic E-state index is 11.1. The first-order valence-electron chi connectivity index (χ1n) is 9.84. The number of carboxylic acids is 1. The molecule has 1 aliphatic heterocycles. The quantitative estimate of drug-likeness (QED) is 0.707. The molecule has 1 aliphatic carbocycles. The number of nitrogens with one attached hydrogen (secondary N) is 1. The summed E-state index contributed by atoms with van der Waals surface area (Å²) in [5, 5.41) is 10.3. The molecule has 5 rings (SSSR count). The zero-order valence-corrected chi connectivity index (χ0v) is 15.5. The number of fused-ring (bicyclic) bond motifs is 1. The number of hydrogen-bond donors (Lipinski definition) is 2. The number of para-hydroxylation sites is 1. The van der Waals surface area contributed by atoms with Crippen LogP contribution in [0.5, 0.6) is 5.75 Å². The molecule has 6 heteroatoms. The Labute approximate surface area is 163 Å². The average molecular weight is 377 g/mol. The van der Waals surface area contributed by atoms with Crippen molar-refractivity contribution in [2.75, 3.05) is 18.0 Å². The number of aliphatic carboxylic acids is 1. The smallest absolute Gasteiger partial charge is 0.306 e. The van der Waals surface area contributed by atoms with E-state index in [-0.39, 0.29) is 12.0 Å². The molecule has 3 aromatic rings. The van der Waals surface area contributed by atoms with E-state index in [1.54, 1.807) is 0 Å². The van der Waals surface area contributed by atoms with Crippen LogP contribution in [0.25, 0.3) is 11.0 Å². The third kappa shape index (κ3) is 3.09. The molecule has 1 aromatic carbocycles. The minimum absolute atomic E-state index is 0.173. The molecule has 3 heterocycles. The van der Waals surface area contributed by atoms with Crippen LogP contribution < -0.4 is 9.64 Å². The standard InChI is InChI=1S/C22H23N3O3/c26-22(27)15-8-14(9-15)20-12-24-21-19(20)10-16(11-23-21)25-7-6-18(13-25)28-17-4-2-1-3-5-17/h1-5,10-12,14-15,18H,6-9,13H2,(H,23,24)(H,26,27). The highest BCUT2D eigenvalue weighted by Gasteiger charge is 2.36. The molecule has 2 aliphatic rings. The zero-order chi connectivity index (χ0) is 19.1. The van der Waals surface area contributed by atoms with E-state index < -0.39 is 5.97 Å². The number of rotatable bonds is 5. The Hall–Kier alpha value is -3.02. The van der Waals surface area contributed by atoms with Crippen LogP contribution in [0.1, 0.15) is 30.7 Å². The summed E-state index contributed by atoms with van der Waals surface area (Å²) in [6.45, 7) is 1.78. The molecule has 144 valence electrons. The summed E-state index contributed by atoms with van der Waals surface area (Å²) < 4.78 is 6.10. The van der Waals surface area contributed by atoms with Gasteiger partial charge in [-0.25, -0.2) is 4.98 Å². The van der Waals surface area contributed by atoms with Crippen LogP contribution in [-0.4, -0.2) is 40.2 Å². The molecule has 0 bridgehead atoms. The highest BCUT2D eigenvalue weighted by Crippen LogP contribution is 2.44. The van der Waals surface area contributed by atoms with Crippen molar-refractivity contribution in [1.29, 1.82) is 0 Å². The van der Waals surface area contributed by atoms with Gasteiger partial charge in [-0.3, -0.25) is 4.79 Å². The number of benzene rings is 1. The fraction of sp³-hybridized carbons (Fsp3) is 0.364. The second-order valence-electron chi connectivity index (χ2n) is 7.82. The van der Waals surface area contributed by atoms with Crippen molar-refractivity contribution in [1.82, 2.24) is 9.97 Å². The van der Waals surface area contributed by atoms with Crippen molar-refractivity contribution in [3.63, 3.8) is 0 Å². The Balaban J connectivity index is 1.31. The molecular formula is C22H23N3O3. The first-order chi connectivity index (χ1) is 13.7. The molecule has 0 spiro atoms. The number of carboxylic acid groups (broad SMARTS) is 1. The number of nitrogens with zero attached hydrogens (tertiary/aromatic N) is 2. The maximum Gasteiger partial charge on any atom is 0.306 e. The van der Waals surface area contributed by atoms with E-state index in [1.165, 1.54) is 5.56 Å². The van der Waals surface area contributed by atoms with Crippen molar-refractivity contribution in [3.8, 4) is 5.75 Å². The largest absolute Gasteiger partial charge is 0.489 e. The predicted octanol–water partition coefficient (Wildman–Crippen LogP) is 3.80. The van der Waals surface area contributed by atoms with E-state index in [9.17, 15) is 4.79 Å². The lowest BCUT2D eigenvalue weighted by Crippen LogP contribution is -2.28. The number of pyridine rings is 1. The summed E-state index contributed by atoms with van der Waals surface area (Å²) in [5.41, 5.74) is 3.16. The van der Waals surface area contributed by atoms with Gasteiger partial charge in [0.05, 0.1) is 24.3 Å². The molecule has 2 aromatic heterocycles. The van der Waals surface area contributed by atoms with Crippen molar-refractivity contribution in [2.24, 2.45) is 5.92 Å². The molecule has 6 nitrogen and oxygen atoms in total. The highest BCUT2D eigenvalue weighted by molar-refractivity contribution is 5.84. The monoisotopic (exact) mass is 377 g/mol. The molecule has 1 atom stereocenters. The van der Waals surface area contributed by atoms with Gasteiger partial charge >= 0.3 is 5.97 Å². The highest BCUT2D eigenvalue weighted by atomic mass is 16.5. The van der Waals surface area contributed by atoms with Crippen LogP contribution in [0.3, 0.4) is 0 Å². The normalized spacial score (nSPS) is 24.3. The molecule has 2 N–H and O–H groups in total. The van der Waals surface area contributed by atoms with Gasteiger partial charge in [0.25, 0.3) is 0 Å². The van der Waals surface area contributed by atoms with Gasteiger partial charge in [-0.15, -0.1) is 0 Å². The lowest BCUT2D eigenvalue weighted by molar-refractivity contribution is -0.145. The number of hydrogen-bond acceptors (Lipinski definition) is 4. The van der Waals surface area contributed by atoms with Crippen molar-refractivity contribution in [3.05, 3.63) is 54.4 Å². The molecule has 2 fully saturated rings. The summed E-state index contributed by atoms with van der Waals surface area (Å²) in [7, 11) is 0. The second kappa shape index (κ2) is 6.86. The summed E-state index contributed by atoms with van der Waals surface area (Å²) in [5.74, 6) is 0.324. The van der Waals surface area contributed by atoms with Gasteiger partial charge in [0, 0.05) is 24.5 Å². The molecule has 28 heavy (non-hydrogen) atoms. The number of carbonyl (C=O) groups is 1. The number of H-pyrrole nitrogens is 1. The SMILES string of the molecule is O=C(O)C1CC(c2c[nH]c3ncc(N4CCC(Oc5ccccc5)C4)cc23)C1. The topological polar surface area (TPSA) is 78.4 Å². The van der Waals surface area contributed by atoms with Crippen molar-refractivity contribution < 1.29 is 14.6 Å². The summed E-state index contributed by atoms with van der Waals surface area (Å²) in [6.07, 6.45) is 6.48. The second-order valence-corrected chi connectivity index (χ2v) is 7.82. The number of aromatic nitrogens is 2. The van der Waals surface area contributed by atoms with Crippen LogP contribution >= 0.6 is 0 Å². The fourth-order valence-corrected chi connectivity index (χ4v) is 4.35. The van der Waals surface area contributed by atoms with Crippen LogP contribution in [0.4, 0.5) is 5.69 Å². The summed E-state index contributed by atoms with van der Waals surface area (Å²) >= 11 is 0. The van der Waals surface area contributed by atoms with Gasteiger partial charge in [-0.2, -0.15) is 0 Å². The van der Waals surface area contributed by atoms with Gasteiger partial charge in [0.2, 0.25) is 0 Å². The minimum Gasteiger partial charge on any atom is -0.489 e. The maximum absolute atomic E-state index is 11.1. The molecule has 0 radical (unpaired) electrons. The molecular weight excluding hydrogens is 354 g/mol. The molecule has 1 saturated heterocycles. The Morgan fingerprint density at radius 3 is 2.86 bits per heavy atom. The van der Waals surface area contributed by atoms with E-state index in [0.717, 1.165) is 42.0 Å². The minimum atomic E-state index is -0.684. The first kappa shape index (κ1) is 17.1. The Morgan fingerprint density at radius 2 is 2.07 bits per heavy atom. The van der Waals surface area contributed by atoms with Crippen LogP contribution in [-0.2, 0) is 4.79 Å². The van der Waals surface area contributed by atoms with Gasteiger partial charge in [-0.1, -0.05) is 18.2 Å². The summed E-state index contributed by atoms with van der Waals surface area (Å²) in [4.78, 5) is 21.3. The first-order valence-corrected chi connectivity index (χ1v) is 9.84. The van der Waals surface area contributed by atoms with Crippen LogP contribution in [0, 0.1) is 5.92 Å². The number of aromatic amines is 1. The Bertz CT molecular complexity index is 995. The molecule has 0 amide bonds. The van der Waals surface area contributed by atoms with Gasteiger partial charge < -0.3 is 19.7 Å². The van der Waals surface area contributed by atoms with E-state index in [4.69, 9.17) is 9.84 Å². The van der Waals surface area contributed by atoms with Gasteiger partial charge in [0.1, 0.15) is 17.5 Å². The van der Waals surface area contributed by atoms with Gasteiger partial charge in [-0.05, 0) is 42.5 Å². The Kier molecular flexibility index (Phi) is 4.19. The Morgan fingerprint density at radius 1 is 1.25 bits per heavy atom. The van der Waals surface area contributed by atoms with E-state index in [2.05, 4.69) is 20.9 Å². The third-order valence-corrected chi connectivity index (χ3v) is 6.03. The zero-order valence-electron chi connectivity index (χ0n) is 15.5. The van der Waals surface area contributed by atoms with Crippen molar-refractivity contribution in [2.45, 2.75) is 31.3 Å². The number of anilines is 1. The molecule has 1 saturated carbocycles. The molecule has 1 unspecified atom stereocenters. The van der Waals surface area contributed by atoms with Gasteiger partial charge in [0.15, 0.2) is 0 Å².